The molecule has 0 aromatic rings. The first kappa shape index (κ1) is 16.2. The maximum Gasteiger partial charge on any atom is 0.469 e. The highest BCUT2D eigenvalue weighted by atomic mass is 31.2. The number of aliphatic hydroxyl groups excluding tert-OH is 3. The maximum atomic E-state index is 10.6. The summed E-state index contributed by atoms with van der Waals surface area (Å²) < 4.78 is 24.5. The lowest BCUT2D eigenvalue weighted by Gasteiger charge is -2.49. The van der Waals surface area contributed by atoms with Crippen LogP contribution in [-0.4, -0.2) is 74.3 Å². The lowest BCUT2D eigenvalue weighted by Crippen LogP contribution is -2.64. The van der Waals surface area contributed by atoms with Crippen LogP contribution in [0.1, 0.15) is 0 Å². The second kappa shape index (κ2) is 5.25. The predicted molar refractivity (Wildman–Crippen MR) is 59.8 cm³/mol. The highest BCUT2D eigenvalue weighted by Crippen LogP contribution is 2.54. The Bertz CT molecular complexity index is 412. The fraction of sp³-hybridized carbons (Fsp3) is 1.00. The van der Waals surface area contributed by atoms with E-state index in [1.54, 1.807) is 0 Å². The lowest BCUT2D eigenvalue weighted by molar-refractivity contribution is -0.438. The number of rotatable bonds is 5. The molecule has 2 rings (SSSR count). The van der Waals surface area contributed by atoms with E-state index in [1.165, 1.54) is 7.11 Å². The van der Waals surface area contributed by atoms with Gasteiger partial charge in [-0.25, -0.2) is 4.57 Å². The Morgan fingerprint density at radius 3 is 2.45 bits per heavy atom. The monoisotopic (exact) mass is 316 g/mol. The van der Waals surface area contributed by atoms with Crippen LogP contribution < -0.4 is 0 Å². The van der Waals surface area contributed by atoms with E-state index >= 15 is 0 Å². The van der Waals surface area contributed by atoms with E-state index in [0.717, 1.165) is 0 Å². The van der Waals surface area contributed by atoms with Crippen LogP contribution in [0.25, 0.3) is 0 Å². The van der Waals surface area contributed by atoms with Gasteiger partial charge in [0.15, 0.2) is 12.1 Å². The minimum atomic E-state index is -4.80. The van der Waals surface area contributed by atoms with E-state index in [2.05, 4.69) is 4.52 Å². The Morgan fingerprint density at radius 2 is 1.95 bits per heavy atom. The van der Waals surface area contributed by atoms with Crippen molar-refractivity contribution in [3.8, 4) is 0 Å². The van der Waals surface area contributed by atoms with Gasteiger partial charge in [0.25, 0.3) is 0 Å². The number of hydrogen-bond acceptors (Lipinski definition) is 8. The third kappa shape index (κ3) is 2.53. The molecule has 0 spiro atoms. The minimum absolute atomic E-state index is 0.839. The van der Waals surface area contributed by atoms with Crippen molar-refractivity contribution in [2.24, 2.45) is 11.8 Å². The van der Waals surface area contributed by atoms with Crippen LogP contribution in [0.4, 0.5) is 0 Å². The predicted octanol–water partition coefficient (Wildman–Crippen LogP) is -2.88. The molecule has 11 heteroatoms. The molecule has 20 heavy (non-hydrogen) atoms. The SMILES string of the molecule is CO[C@@H]1OC2(O)C([C@H](O)COP(=O)(O)O)[C@@H](O)C(O)[C@H]12. The van der Waals surface area contributed by atoms with Gasteiger partial charge in [-0.05, 0) is 0 Å². The first-order chi connectivity index (χ1) is 9.12. The maximum absolute atomic E-state index is 10.6. The van der Waals surface area contributed by atoms with Gasteiger partial charge in [0.05, 0.1) is 36.8 Å². The lowest BCUT2D eigenvalue weighted by atomic mass is 9.86. The van der Waals surface area contributed by atoms with E-state index in [9.17, 15) is 25.0 Å². The fourth-order valence-electron chi connectivity index (χ4n) is 2.81. The normalized spacial score (nSPS) is 45.9. The molecule has 1 aliphatic carbocycles. The Labute approximate surface area is 113 Å². The summed E-state index contributed by atoms with van der Waals surface area (Å²) in [6.07, 6.45) is -5.56. The second-order valence-corrected chi connectivity index (χ2v) is 6.10. The topological polar surface area (TPSA) is 166 Å². The van der Waals surface area contributed by atoms with Crippen LogP contribution in [0, 0.1) is 11.8 Å². The zero-order valence-electron chi connectivity index (χ0n) is 10.4. The summed E-state index contributed by atoms with van der Waals surface area (Å²) in [6, 6.07) is 0. The minimum Gasteiger partial charge on any atom is -0.390 e. The van der Waals surface area contributed by atoms with Gasteiger partial charge in [-0.3, -0.25) is 4.52 Å². The summed E-state index contributed by atoms with van der Waals surface area (Å²) in [7, 11) is -3.52. The van der Waals surface area contributed by atoms with Crippen molar-refractivity contribution in [3.05, 3.63) is 0 Å². The van der Waals surface area contributed by atoms with Gasteiger partial charge in [0.1, 0.15) is 0 Å². The molecule has 2 aliphatic rings. The number of ether oxygens (including phenoxy) is 2. The molecular weight excluding hydrogens is 299 g/mol. The smallest absolute Gasteiger partial charge is 0.390 e. The number of methoxy groups -OCH3 is 1. The quantitative estimate of drug-likeness (QED) is 0.290. The number of hydrogen-bond donors (Lipinski definition) is 6. The molecule has 10 nitrogen and oxygen atoms in total. The van der Waals surface area contributed by atoms with Gasteiger partial charge in [0.2, 0.25) is 0 Å². The van der Waals surface area contributed by atoms with Gasteiger partial charge in [0, 0.05) is 7.11 Å². The highest BCUT2D eigenvalue weighted by molar-refractivity contribution is 7.46. The number of phosphoric ester groups is 1. The van der Waals surface area contributed by atoms with E-state index < -0.39 is 56.7 Å². The van der Waals surface area contributed by atoms with Crippen LogP contribution >= 0.6 is 7.82 Å². The fourth-order valence-corrected chi connectivity index (χ4v) is 3.16. The Kier molecular flexibility index (Phi) is 4.27. The summed E-state index contributed by atoms with van der Waals surface area (Å²) in [5.74, 6) is -4.41. The second-order valence-electron chi connectivity index (χ2n) is 4.86. The van der Waals surface area contributed by atoms with Gasteiger partial charge in [-0.1, -0.05) is 0 Å². The zero-order chi connectivity index (χ0) is 15.3. The largest absolute Gasteiger partial charge is 0.469 e. The standard InChI is InChI=1S/C9H17O10P/c1-17-8-5-7(12)6(11)4(9(5,13)19-8)3(10)2-18-20(14,15)16/h3-8,10-13H,2H2,1H3,(H2,14,15,16)/t3-,4?,5-,6-,7?,8-,9?/m1/s1. The molecule has 0 aromatic carbocycles. The molecule has 2 fully saturated rings. The molecule has 0 amide bonds. The van der Waals surface area contributed by atoms with E-state index in [0.29, 0.717) is 0 Å². The summed E-state index contributed by atoms with van der Waals surface area (Å²) >= 11 is 0. The van der Waals surface area contributed by atoms with Gasteiger partial charge in [-0.2, -0.15) is 0 Å². The van der Waals surface area contributed by atoms with Crippen molar-refractivity contribution in [1.29, 1.82) is 0 Å². The number of phosphoric acid groups is 1. The molecule has 6 N–H and O–H groups in total. The van der Waals surface area contributed by atoms with E-state index in [1.807, 2.05) is 0 Å². The van der Waals surface area contributed by atoms with Crippen molar-refractivity contribution in [1.82, 2.24) is 0 Å². The van der Waals surface area contributed by atoms with Crippen LogP contribution in [0.15, 0.2) is 0 Å². The molecule has 1 saturated heterocycles. The van der Waals surface area contributed by atoms with Crippen LogP contribution in [0.3, 0.4) is 0 Å². The van der Waals surface area contributed by atoms with Crippen molar-refractivity contribution >= 4 is 7.82 Å². The average molecular weight is 316 g/mol. The molecule has 118 valence electrons. The van der Waals surface area contributed by atoms with Crippen LogP contribution in [-0.2, 0) is 18.6 Å². The first-order valence-corrected chi connectivity index (χ1v) is 7.32. The first-order valence-electron chi connectivity index (χ1n) is 5.79. The summed E-state index contributed by atoms with van der Waals surface area (Å²) in [4.78, 5) is 17.1. The highest BCUT2D eigenvalue weighted by Gasteiger charge is 2.72. The van der Waals surface area contributed by atoms with Crippen LogP contribution in [0.5, 0.6) is 0 Å². The Balaban J connectivity index is 2.10. The molecule has 1 aliphatic heterocycles. The van der Waals surface area contributed by atoms with Gasteiger partial charge in [-0.15, -0.1) is 0 Å². The summed E-state index contributed by atoms with van der Waals surface area (Å²) in [6.45, 7) is -0.839. The third-order valence-corrected chi connectivity index (χ3v) is 4.18. The molecule has 0 bridgehead atoms. The summed E-state index contributed by atoms with van der Waals surface area (Å²) in [5, 5.41) is 39.7. The molecule has 1 saturated carbocycles. The van der Waals surface area contributed by atoms with Gasteiger partial charge >= 0.3 is 7.82 Å². The average Bonchev–Trinajstić information content (AvgIpc) is 2.45. The number of aliphatic hydroxyl groups is 4. The Hall–Kier alpha value is -0.130. The molecule has 7 atom stereocenters. The van der Waals surface area contributed by atoms with Gasteiger partial charge < -0.3 is 39.7 Å². The number of fused-ring (bicyclic) bond motifs is 1. The van der Waals surface area contributed by atoms with Crippen LogP contribution in [0.2, 0.25) is 0 Å². The molecule has 1 heterocycles. The summed E-state index contributed by atoms with van der Waals surface area (Å²) in [5.41, 5.74) is 0. The molecule has 0 radical (unpaired) electrons. The van der Waals surface area contributed by atoms with Crippen molar-refractivity contribution in [3.63, 3.8) is 0 Å². The third-order valence-electron chi connectivity index (χ3n) is 3.70. The van der Waals surface area contributed by atoms with Crippen molar-refractivity contribution in [2.45, 2.75) is 30.4 Å². The van der Waals surface area contributed by atoms with E-state index in [-0.39, 0.29) is 0 Å². The molecular formula is C9H17O10P. The molecule has 0 aromatic heterocycles. The van der Waals surface area contributed by atoms with E-state index in [4.69, 9.17) is 19.3 Å². The van der Waals surface area contributed by atoms with Crippen molar-refractivity contribution < 1.29 is 48.8 Å². The van der Waals surface area contributed by atoms with Crippen molar-refractivity contribution in [2.75, 3.05) is 13.7 Å². The Morgan fingerprint density at radius 1 is 1.35 bits per heavy atom. The molecule has 3 unspecified atom stereocenters. The zero-order valence-corrected chi connectivity index (χ0v) is 11.3.